The van der Waals surface area contributed by atoms with E-state index in [1.54, 1.807) is 0 Å². The quantitative estimate of drug-likeness (QED) is 0.794. The van der Waals surface area contributed by atoms with Crippen LogP contribution in [0, 0.1) is 12.3 Å². The Morgan fingerprint density at radius 1 is 1.50 bits per heavy atom. The molecule has 0 unspecified atom stereocenters. The second-order valence-corrected chi connectivity index (χ2v) is 4.44. The molecular weight excluding hydrogens is 270 g/mol. The lowest BCUT2D eigenvalue weighted by Crippen LogP contribution is -2.18. The number of ether oxygens (including phenoxy) is 2. The molecule has 3 nitrogen and oxygen atoms in total. The average Bonchev–Trinajstić information content (AvgIpc) is 2.71. The van der Waals surface area contributed by atoms with Gasteiger partial charge in [0.25, 0.3) is 0 Å². The van der Waals surface area contributed by atoms with Gasteiger partial charge < -0.3 is 9.47 Å². The highest BCUT2D eigenvalue weighted by Gasteiger charge is 2.19. The fourth-order valence-corrected chi connectivity index (χ4v) is 2.17. The van der Waals surface area contributed by atoms with Crippen LogP contribution >= 0.6 is 15.9 Å². The first-order valence-corrected chi connectivity index (χ1v) is 5.70. The molecule has 0 aromatic heterocycles. The van der Waals surface area contributed by atoms with Gasteiger partial charge in [0.2, 0.25) is 6.79 Å². The Morgan fingerprint density at radius 3 is 3.06 bits per heavy atom. The molecule has 4 heteroatoms. The molecule has 0 bridgehead atoms. The van der Waals surface area contributed by atoms with Gasteiger partial charge in [-0.25, -0.2) is 0 Å². The van der Waals surface area contributed by atoms with Crippen molar-refractivity contribution < 1.29 is 9.47 Å². The van der Waals surface area contributed by atoms with Gasteiger partial charge in [-0.05, 0) is 34.6 Å². The third kappa shape index (κ3) is 2.16. The van der Waals surface area contributed by atoms with E-state index in [2.05, 4.69) is 26.8 Å². The van der Waals surface area contributed by atoms with Crippen LogP contribution in [0.15, 0.2) is 16.6 Å². The molecule has 0 atom stereocenters. The van der Waals surface area contributed by atoms with Crippen molar-refractivity contribution in [1.82, 2.24) is 4.90 Å². The van der Waals surface area contributed by atoms with E-state index in [0.717, 1.165) is 28.1 Å². The van der Waals surface area contributed by atoms with E-state index in [1.165, 1.54) is 0 Å². The predicted octanol–water partition coefficient (Wildman–Crippen LogP) is 2.24. The zero-order chi connectivity index (χ0) is 11.5. The van der Waals surface area contributed by atoms with Crippen molar-refractivity contribution in [2.45, 2.75) is 6.54 Å². The number of rotatable bonds is 3. The molecule has 1 aliphatic heterocycles. The summed E-state index contributed by atoms with van der Waals surface area (Å²) in [4.78, 5) is 2.06. The molecule has 0 aliphatic carbocycles. The number of fused-ring (bicyclic) bond motifs is 1. The fourth-order valence-electron chi connectivity index (χ4n) is 1.60. The molecule has 0 saturated heterocycles. The van der Waals surface area contributed by atoms with Gasteiger partial charge in [-0.1, -0.05) is 12.0 Å². The van der Waals surface area contributed by atoms with E-state index < -0.39 is 0 Å². The summed E-state index contributed by atoms with van der Waals surface area (Å²) in [5.74, 6) is 4.19. The number of benzene rings is 1. The SMILES string of the molecule is C#CCN(C)Cc1ccc2c(c1Br)OCO2. The molecule has 0 N–H and O–H groups in total. The number of hydrogen-bond acceptors (Lipinski definition) is 3. The number of halogens is 1. The molecule has 0 radical (unpaired) electrons. The molecule has 1 heterocycles. The van der Waals surface area contributed by atoms with Crippen molar-refractivity contribution in [3.63, 3.8) is 0 Å². The minimum Gasteiger partial charge on any atom is -0.454 e. The Kier molecular flexibility index (Phi) is 3.37. The third-order valence-electron chi connectivity index (χ3n) is 2.36. The summed E-state index contributed by atoms with van der Waals surface area (Å²) in [7, 11) is 1.98. The van der Waals surface area contributed by atoms with Crippen molar-refractivity contribution in [2.75, 3.05) is 20.4 Å². The van der Waals surface area contributed by atoms with Crippen LogP contribution in [0.5, 0.6) is 11.5 Å². The maximum absolute atomic E-state index is 5.38. The van der Waals surface area contributed by atoms with Gasteiger partial charge in [-0.2, -0.15) is 0 Å². The number of terminal acetylenes is 1. The van der Waals surface area contributed by atoms with E-state index >= 15 is 0 Å². The molecule has 0 spiro atoms. The Hall–Kier alpha value is -1.18. The minimum absolute atomic E-state index is 0.289. The summed E-state index contributed by atoms with van der Waals surface area (Å²) in [5.41, 5.74) is 1.14. The number of hydrogen-bond donors (Lipinski definition) is 0. The summed E-state index contributed by atoms with van der Waals surface area (Å²) in [6.07, 6.45) is 5.26. The van der Waals surface area contributed by atoms with Crippen molar-refractivity contribution in [3.8, 4) is 23.8 Å². The van der Waals surface area contributed by atoms with Crippen LogP contribution in [0.3, 0.4) is 0 Å². The van der Waals surface area contributed by atoms with E-state index in [0.29, 0.717) is 6.54 Å². The summed E-state index contributed by atoms with van der Waals surface area (Å²) >= 11 is 3.53. The van der Waals surface area contributed by atoms with Gasteiger partial charge in [-0.3, -0.25) is 4.90 Å². The van der Waals surface area contributed by atoms with Crippen molar-refractivity contribution in [3.05, 3.63) is 22.2 Å². The maximum Gasteiger partial charge on any atom is 0.231 e. The highest BCUT2D eigenvalue weighted by molar-refractivity contribution is 9.10. The molecule has 0 saturated carbocycles. The zero-order valence-electron chi connectivity index (χ0n) is 9.00. The van der Waals surface area contributed by atoms with Crippen LogP contribution in [-0.4, -0.2) is 25.3 Å². The molecule has 16 heavy (non-hydrogen) atoms. The Labute approximate surface area is 103 Å². The fraction of sp³-hybridized carbons (Fsp3) is 0.333. The molecule has 1 aliphatic rings. The van der Waals surface area contributed by atoms with Gasteiger partial charge in [0.15, 0.2) is 11.5 Å². The van der Waals surface area contributed by atoms with Gasteiger partial charge in [0, 0.05) is 6.54 Å². The standard InChI is InChI=1S/C12H12BrNO2/c1-3-6-14(2)7-9-4-5-10-12(11(9)13)16-8-15-10/h1,4-5H,6-8H2,2H3. The van der Waals surface area contributed by atoms with Crippen LogP contribution in [-0.2, 0) is 6.54 Å². The van der Waals surface area contributed by atoms with Gasteiger partial charge >= 0.3 is 0 Å². The molecule has 1 aromatic rings. The Balaban J connectivity index is 2.20. The van der Waals surface area contributed by atoms with E-state index in [1.807, 2.05) is 19.2 Å². The average molecular weight is 282 g/mol. The smallest absolute Gasteiger partial charge is 0.231 e. The van der Waals surface area contributed by atoms with Crippen LogP contribution in [0.25, 0.3) is 0 Å². The van der Waals surface area contributed by atoms with Gasteiger partial charge in [-0.15, -0.1) is 6.42 Å². The first-order chi connectivity index (χ1) is 7.72. The minimum atomic E-state index is 0.289. The van der Waals surface area contributed by atoms with Crippen LogP contribution in [0.1, 0.15) is 5.56 Å². The second-order valence-electron chi connectivity index (χ2n) is 3.65. The lowest BCUT2D eigenvalue weighted by Gasteiger charge is -2.15. The highest BCUT2D eigenvalue weighted by atomic mass is 79.9. The normalized spacial score (nSPS) is 12.9. The first kappa shape index (κ1) is 11.3. The summed E-state index contributed by atoms with van der Waals surface area (Å²) in [5, 5.41) is 0. The van der Waals surface area contributed by atoms with E-state index in [9.17, 15) is 0 Å². The molecular formula is C12H12BrNO2. The zero-order valence-corrected chi connectivity index (χ0v) is 10.6. The molecule has 84 valence electrons. The molecule has 2 rings (SSSR count). The first-order valence-electron chi connectivity index (χ1n) is 4.91. The highest BCUT2D eigenvalue weighted by Crippen LogP contribution is 2.41. The summed E-state index contributed by atoms with van der Waals surface area (Å²) in [6.45, 7) is 1.69. The largest absolute Gasteiger partial charge is 0.454 e. The Bertz CT molecular complexity index is 439. The summed E-state index contributed by atoms with van der Waals surface area (Å²) in [6, 6.07) is 3.94. The number of nitrogens with zero attached hydrogens (tertiary/aromatic N) is 1. The van der Waals surface area contributed by atoms with Crippen molar-refractivity contribution in [1.29, 1.82) is 0 Å². The third-order valence-corrected chi connectivity index (χ3v) is 3.23. The lowest BCUT2D eigenvalue weighted by atomic mass is 10.2. The summed E-state index contributed by atoms with van der Waals surface area (Å²) < 4.78 is 11.6. The lowest BCUT2D eigenvalue weighted by molar-refractivity contribution is 0.173. The van der Waals surface area contributed by atoms with Crippen LogP contribution in [0.2, 0.25) is 0 Å². The molecule has 0 amide bonds. The molecule has 0 fully saturated rings. The van der Waals surface area contributed by atoms with Crippen molar-refractivity contribution in [2.24, 2.45) is 0 Å². The maximum atomic E-state index is 5.38. The Morgan fingerprint density at radius 2 is 2.31 bits per heavy atom. The van der Waals surface area contributed by atoms with Gasteiger partial charge in [0.1, 0.15) is 0 Å². The van der Waals surface area contributed by atoms with E-state index in [4.69, 9.17) is 15.9 Å². The van der Waals surface area contributed by atoms with E-state index in [-0.39, 0.29) is 6.79 Å². The topological polar surface area (TPSA) is 21.7 Å². The van der Waals surface area contributed by atoms with Crippen molar-refractivity contribution >= 4 is 15.9 Å². The molecule has 1 aromatic carbocycles. The van der Waals surface area contributed by atoms with Gasteiger partial charge in [0.05, 0.1) is 11.0 Å². The predicted molar refractivity (Wildman–Crippen MR) is 65.4 cm³/mol. The van der Waals surface area contributed by atoms with Crippen LogP contribution < -0.4 is 9.47 Å². The second kappa shape index (κ2) is 4.77. The monoisotopic (exact) mass is 281 g/mol. The van der Waals surface area contributed by atoms with Crippen LogP contribution in [0.4, 0.5) is 0 Å².